The molecular formula is C26H26S6. The first-order valence-corrected chi connectivity index (χ1v) is 15.2. The summed E-state index contributed by atoms with van der Waals surface area (Å²) in [6.07, 6.45) is 3.92. The summed E-state index contributed by atoms with van der Waals surface area (Å²) in [6, 6.07) is 9.58. The highest BCUT2D eigenvalue weighted by atomic mass is 32.1. The number of thiophene rings is 2. The van der Waals surface area contributed by atoms with Gasteiger partial charge in [0, 0.05) is 9.40 Å². The molecule has 6 heteroatoms. The van der Waals surface area contributed by atoms with Crippen LogP contribution in [-0.4, -0.2) is 23.0 Å². The molecule has 0 aliphatic carbocycles. The molecule has 5 rings (SSSR count). The molecule has 0 spiro atoms. The predicted molar refractivity (Wildman–Crippen MR) is 162 cm³/mol. The normalized spacial score (nSPS) is 12.1. The van der Waals surface area contributed by atoms with Gasteiger partial charge in [0.2, 0.25) is 0 Å². The third-order valence-electron chi connectivity index (χ3n) is 6.43. The summed E-state index contributed by atoms with van der Waals surface area (Å²) in [5, 5.41) is 12.8. The summed E-state index contributed by atoms with van der Waals surface area (Å²) < 4.78 is 2.84. The van der Waals surface area contributed by atoms with E-state index in [2.05, 4.69) is 85.5 Å². The minimum atomic E-state index is 0.849. The highest BCUT2D eigenvalue weighted by Gasteiger charge is 2.19. The second-order valence-electron chi connectivity index (χ2n) is 8.08. The molecule has 0 atom stereocenters. The number of benzene rings is 3. The first-order chi connectivity index (χ1) is 15.7. The monoisotopic (exact) mass is 530 g/mol. The Labute approximate surface area is 219 Å². The van der Waals surface area contributed by atoms with Crippen LogP contribution in [0.4, 0.5) is 0 Å². The summed E-state index contributed by atoms with van der Waals surface area (Å²) in [5.74, 6) is 3.40. The quantitative estimate of drug-likeness (QED) is 0.113. The van der Waals surface area contributed by atoms with E-state index in [0.717, 1.165) is 48.7 Å². The molecule has 166 valence electrons. The van der Waals surface area contributed by atoms with Crippen LogP contribution in [-0.2, 0) is 25.7 Å². The molecule has 32 heavy (non-hydrogen) atoms. The molecule has 0 unspecified atom stereocenters. The van der Waals surface area contributed by atoms with Gasteiger partial charge in [-0.05, 0) is 138 Å². The fraction of sp³-hybridized carbons (Fsp3) is 0.308. The van der Waals surface area contributed by atoms with Crippen molar-refractivity contribution in [1.82, 2.24) is 0 Å². The lowest BCUT2D eigenvalue weighted by molar-refractivity contribution is 1.18. The van der Waals surface area contributed by atoms with Gasteiger partial charge in [0.05, 0.1) is 0 Å². The van der Waals surface area contributed by atoms with Crippen LogP contribution in [0.1, 0.15) is 22.3 Å². The Balaban J connectivity index is 2.01. The molecule has 0 saturated heterocycles. The number of hydrogen-bond acceptors (Lipinski definition) is 6. The van der Waals surface area contributed by atoms with Crippen molar-refractivity contribution in [2.75, 3.05) is 23.0 Å². The molecule has 0 saturated carbocycles. The Kier molecular flexibility index (Phi) is 7.27. The molecule has 5 aromatic rings. The van der Waals surface area contributed by atoms with Gasteiger partial charge in [-0.3, -0.25) is 0 Å². The van der Waals surface area contributed by atoms with Crippen LogP contribution in [0.5, 0.6) is 0 Å². The molecule has 0 aliphatic heterocycles. The number of aryl methyl sites for hydroxylation is 4. The highest BCUT2D eigenvalue weighted by molar-refractivity contribution is 7.80. The molecule has 0 radical (unpaired) electrons. The van der Waals surface area contributed by atoms with Crippen LogP contribution in [0.3, 0.4) is 0 Å². The molecule has 2 heterocycles. The minimum Gasteiger partial charge on any atom is -0.179 e. The van der Waals surface area contributed by atoms with Crippen molar-refractivity contribution >= 4 is 115 Å². The average molecular weight is 531 g/mol. The highest BCUT2D eigenvalue weighted by Crippen LogP contribution is 2.43. The van der Waals surface area contributed by atoms with Gasteiger partial charge in [0.1, 0.15) is 0 Å². The Bertz CT molecular complexity index is 1220. The molecule has 0 bridgehead atoms. The third kappa shape index (κ3) is 3.79. The molecule has 0 N–H and O–H groups in total. The Hall–Kier alpha value is -0.500. The van der Waals surface area contributed by atoms with Gasteiger partial charge in [-0.15, -0.1) is 22.7 Å². The maximum atomic E-state index is 4.62. The smallest absolute Gasteiger partial charge is 0.0384 e. The summed E-state index contributed by atoms with van der Waals surface area (Å²) in [5.41, 5.74) is 5.77. The van der Waals surface area contributed by atoms with E-state index in [-0.39, 0.29) is 0 Å². The zero-order chi connectivity index (χ0) is 22.2. The van der Waals surface area contributed by atoms with Crippen molar-refractivity contribution < 1.29 is 0 Å². The van der Waals surface area contributed by atoms with Crippen LogP contribution < -0.4 is 0 Å². The summed E-state index contributed by atoms with van der Waals surface area (Å²) in [6.45, 7) is 0. The number of thiol groups is 4. The van der Waals surface area contributed by atoms with E-state index in [0.29, 0.717) is 0 Å². The molecule has 0 nitrogen and oxygen atoms in total. The summed E-state index contributed by atoms with van der Waals surface area (Å²) >= 11 is 22.2. The number of fused-ring (bicyclic) bond motifs is 4. The molecule has 0 amide bonds. The van der Waals surface area contributed by atoms with Crippen LogP contribution in [0.2, 0.25) is 0 Å². The lowest BCUT2D eigenvalue weighted by atomic mass is 9.87. The van der Waals surface area contributed by atoms with Crippen LogP contribution >= 0.6 is 73.2 Å². The number of rotatable bonds is 8. The molecule has 0 fully saturated rings. The molecule has 3 aromatic carbocycles. The van der Waals surface area contributed by atoms with Crippen LogP contribution in [0.25, 0.3) is 41.7 Å². The van der Waals surface area contributed by atoms with Gasteiger partial charge in [-0.25, -0.2) is 0 Å². The topological polar surface area (TPSA) is 0 Å². The minimum absolute atomic E-state index is 0.849. The lowest BCUT2D eigenvalue weighted by Gasteiger charge is -2.19. The standard InChI is InChI=1S/C26H26S6/c27-7-1-15-19-5-11-31-25(19)17(3-9-29)23-14-24-18(4-10-30)26-20(6-12-32-26)16(2-8-28)22(24)13-21(15)23/h5-6,11-14,27-30H,1-4,7-10H2. The first kappa shape index (κ1) is 23.3. The van der Waals surface area contributed by atoms with Gasteiger partial charge in [0.15, 0.2) is 0 Å². The van der Waals surface area contributed by atoms with E-state index in [4.69, 9.17) is 0 Å². The molecule has 0 aliphatic rings. The lowest BCUT2D eigenvalue weighted by Crippen LogP contribution is -2.00. The van der Waals surface area contributed by atoms with Gasteiger partial charge in [-0.1, -0.05) is 0 Å². The molecule has 2 aromatic heterocycles. The van der Waals surface area contributed by atoms with Gasteiger partial charge in [0.25, 0.3) is 0 Å². The van der Waals surface area contributed by atoms with E-state index in [9.17, 15) is 0 Å². The Morgan fingerprint density at radius 1 is 0.469 bits per heavy atom. The fourth-order valence-corrected chi connectivity index (χ4v) is 8.10. The van der Waals surface area contributed by atoms with Crippen LogP contribution in [0.15, 0.2) is 35.0 Å². The number of hydrogen-bond donors (Lipinski definition) is 4. The van der Waals surface area contributed by atoms with E-state index in [1.54, 1.807) is 0 Å². The summed E-state index contributed by atoms with van der Waals surface area (Å²) in [4.78, 5) is 0. The van der Waals surface area contributed by atoms with Crippen molar-refractivity contribution in [2.24, 2.45) is 0 Å². The first-order valence-electron chi connectivity index (χ1n) is 11.0. The molecular weight excluding hydrogens is 505 g/mol. The van der Waals surface area contributed by atoms with E-state index in [1.807, 2.05) is 22.7 Å². The maximum absolute atomic E-state index is 4.62. The Morgan fingerprint density at radius 3 is 1.19 bits per heavy atom. The van der Waals surface area contributed by atoms with Crippen molar-refractivity contribution in [3.8, 4) is 0 Å². The predicted octanol–water partition coefficient (Wildman–Crippen LogP) is 8.31. The van der Waals surface area contributed by atoms with Crippen molar-refractivity contribution in [2.45, 2.75) is 25.7 Å². The SMILES string of the molecule is SCCc1c2cc3c(CCS)c4ccsc4c(CCS)c3cc2c(CCS)c2sccc12. The zero-order valence-electron chi connectivity index (χ0n) is 17.7. The van der Waals surface area contributed by atoms with Crippen molar-refractivity contribution in [3.05, 3.63) is 57.3 Å². The average Bonchev–Trinajstić information content (AvgIpc) is 3.47. The van der Waals surface area contributed by atoms with E-state index < -0.39 is 0 Å². The maximum Gasteiger partial charge on any atom is 0.0384 e. The van der Waals surface area contributed by atoms with Crippen LogP contribution in [0, 0.1) is 0 Å². The zero-order valence-corrected chi connectivity index (χ0v) is 22.9. The fourth-order valence-electron chi connectivity index (χ4n) is 5.18. The van der Waals surface area contributed by atoms with E-state index in [1.165, 1.54) is 64.0 Å². The van der Waals surface area contributed by atoms with Crippen molar-refractivity contribution in [1.29, 1.82) is 0 Å². The second kappa shape index (κ2) is 10.0. The van der Waals surface area contributed by atoms with Gasteiger partial charge in [-0.2, -0.15) is 50.5 Å². The van der Waals surface area contributed by atoms with E-state index >= 15 is 0 Å². The second-order valence-corrected chi connectivity index (χ2v) is 11.7. The third-order valence-corrected chi connectivity index (χ3v) is 9.28. The summed E-state index contributed by atoms with van der Waals surface area (Å²) in [7, 11) is 0. The largest absolute Gasteiger partial charge is 0.179 e. The Morgan fingerprint density at radius 2 is 0.812 bits per heavy atom. The van der Waals surface area contributed by atoms with Gasteiger partial charge < -0.3 is 0 Å². The van der Waals surface area contributed by atoms with Crippen molar-refractivity contribution in [3.63, 3.8) is 0 Å². The van der Waals surface area contributed by atoms with Gasteiger partial charge >= 0.3 is 0 Å².